The van der Waals surface area contributed by atoms with Crippen LogP contribution in [-0.2, 0) is 10.0 Å². The normalized spacial score (nSPS) is 9.58. The molecule has 8 heteroatoms. The highest BCUT2D eigenvalue weighted by molar-refractivity contribution is 7.89. The van der Waals surface area contributed by atoms with Crippen molar-refractivity contribution >= 4 is 15.7 Å². The Bertz CT molecular complexity index is 726. The molecule has 1 aromatic carbocycles. The summed E-state index contributed by atoms with van der Waals surface area (Å²) in [5, 5.41) is 33.6. The van der Waals surface area contributed by atoms with Crippen LogP contribution < -0.4 is 10.5 Å². The first-order valence-electron chi connectivity index (χ1n) is 4.77. The molecule has 7 nitrogen and oxygen atoms in total. The fraction of sp³-hybridized carbons (Fsp3) is 0. The molecular weight excluding hydrogens is 266 g/mol. The van der Waals surface area contributed by atoms with E-state index in [1.165, 1.54) is 24.3 Å². The molecule has 0 aliphatic carbocycles. The predicted octanol–water partition coefficient (Wildman–Crippen LogP) is 0.571. The van der Waals surface area contributed by atoms with Crippen molar-refractivity contribution in [1.29, 1.82) is 15.8 Å². The maximum absolute atomic E-state index is 11.0. The second-order valence-corrected chi connectivity index (χ2v) is 4.84. The second-order valence-electron chi connectivity index (χ2n) is 3.28. The van der Waals surface area contributed by atoms with E-state index in [1.54, 1.807) is 18.2 Å². The lowest BCUT2D eigenvalue weighted by molar-refractivity contribution is 0.598. The fourth-order valence-electron chi connectivity index (χ4n) is 1.16. The number of rotatable bonds is 3. The Morgan fingerprint density at radius 2 is 1.58 bits per heavy atom. The van der Waals surface area contributed by atoms with E-state index in [2.05, 4.69) is 5.32 Å². The van der Waals surface area contributed by atoms with Gasteiger partial charge in [0.15, 0.2) is 5.57 Å². The molecule has 0 saturated carbocycles. The summed E-state index contributed by atoms with van der Waals surface area (Å²) in [6.45, 7) is 0. The molecule has 0 aliphatic rings. The molecule has 0 heterocycles. The lowest BCUT2D eigenvalue weighted by Gasteiger charge is -2.05. The summed E-state index contributed by atoms with van der Waals surface area (Å²) < 4.78 is 22.1. The quantitative estimate of drug-likeness (QED) is 0.770. The van der Waals surface area contributed by atoms with Gasteiger partial charge in [-0.2, -0.15) is 15.8 Å². The minimum atomic E-state index is -3.79. The summed E-state index contributed by atoms with van der Waals surface area (Å²) in [5.74, 6) is 0. The number of anilines is 1. The van der Waals surface area contributed by atoms with Gasteiger partial charge in [-0.05, 0) is 24.3 Å². The smallest absolute Gasteiger partial charge is 0.238 e. The highest BCUT2D eigenvalue weighted by atomic mass is 32.2. The van der Waals surface area contributed by atoms with Crippen molar-refractivity contribution in [1.82, 2.24) is 0 Å². The van der Waals surface area contributed by atoms with Gasteiger partial charge in [0.25, 0.3) is 0 Å². The third-order valence-corrected chi connectivity index (χ3v) is 2.97. The van der Waals surface area contributed by atoms with Crippen LogP contribution in [0.2, 0.25) is 0 Å². The minimum absolute atomic E-state index is 0.0821. The van der Waals surface area contributed by atoms with Gasteiger partial charge in [0.05, 0.1) is 4.90 Å². The first-order valence-corrected chi connectivity index (χ1v) is 6.31. The number of primary sulfonamides is 1. The molecule has 0 spiro atoms. The molecule has 1 aromatic rings. The highest BCUT2D eigenvalue weighted by Crippen LogP contribution is 2.15. The molecular formula is C11H7N5O2S. The molecule has 94 valence electrons. The SMILES string of the molecule is N#CC(C#N)=C(C#N)Nc1ccc(S(N)(=O)=O)cc1. The van der Waals surface area contributed by atoms with E-state index in [0.717, 1.165) is 0 Å². The summed E-state index contributed by atoms with van der Waals surface area (Å²) >= 11 is 0. The van der Waals surface area contributed by atoms with E-state index in [4.69, 9.17) is 20.9 Å². The number of nitrogens with one attached hydrogen (secondary N) is 1. The van der Waals surface area contributed by atoms with Crippen molar-refractivity contribution in [3.05, 3.63) is 35.5 Å². The molecule has 1 rings (SSSR count). The van der Waals surface area contributed by atoms with Gasteiger partial charge in [-0.3, -0.25) is 0 Å². The fourth-order valence-corrected chi connectivity index (χ4v) is 1.67. The molecule has 0 aromatic heterocycles. The van der Waals surface area contributed by atoms with Crippen molar-refractivity contribution in [3.8, 4) is 18.2 Å². The molecule has 3 N–H and O–H groups in total. The van der Waals surface area contributed by atoms with Gasteiger partial charge >= 0.3 is 0 Å². The van der Waals surface area contributed by atoms with Crippen LogP contribution >= 0.6 is 0 Å². The summed E-state index contributed by atoms with van der Waals surface area (Å²) in [5.41, 5.74) is -0.224. The third kappa shape index (κ3) is 3.55. The van der Waals surface area contributed by atoms with E-state index in [1.807, 2.05) is 0 Å². The molecule has 0 bridgehead atoms. The van der Waals surface area contributed by atoms with Crippen LogP contribution in [-0.4, -0.2) is 8.42 Å². The number of hydrogen-bond donors (Lipinski definition) is 2. The van der Waals surface area contributed by atoms with Crippen LogP contribution in [0.5, 0.6) is 0 Å². The minimum Gasteiger partial charge on any atom is -0.345 e. The number of nitrogens with zero attached hydrogens (tertiary/aromatic N) is 3. The number of benzene rings is 1. The van der Waals surface area contributed by atoms with Crippen molar-refractivity contribution in [2.24, 2.45) is 5.14 Å². The lowest BCUT2D eigenvalue weighted by atomic mass is 10.2. The van der Waals surface area contributed by atoms with Gasteiger partial charge in [0.2, 0.25) is 10.0 Å². The number of hydrogen-bond acceptors (Lipinski definition) is 6. The van der Waals surface area contributed by atoms with Crippen LogP contribution in [0.3, 0.4) is 0 Å². The Morgan fingerprint density at radius 3 is 1.95 bits per heavy atom. The standard InChI is InChI=1S/C11H7N5O2S/c12-5-8(6-13)11(7-14)16-9-1-3-10(4-2-9)19(15,17)18/h1-4,16H,(H2,15,17,18). The van der Waals surface area contributed by atoms with Crippen LogP contribution in [0.1, 0.15) is 0 Å². The molecule has 0 aliphatic heterocycles. The van der Waals surface area contributed by atoms with Gasteiger partial charge in [-0.25, -0.2) is 13.6 Å². The zero-order chi connectivity index (χ0) is 14.5. The van der Waals surface area contributed by atoms with E-state index < -0.39 is 10.0 Å². The summed E-state index contributed by atoms with van der Waals surface area (Å²) in [4.78, 5) is -0.0821. The first-order chi connectivity index (χ1) is 8.92. The van der Waals surface area contributed by atoms with E-state index in [-0.39, 0.29) is 16.2 Å². The summed E-state index contributed by atoms with van der Waals surface area (Å²) in [6.07, 6.45) is 0. The Balaban J connectivity index is 3.10. The van der Waals surface area contributed by atoms with Crippen LogP contribution in [0.4, 0.5) is 5.69 Å². The van der Waals surface area contributed by atoms with Crippen LogP contribution in [0, 0.1) is 34.0 Å². The number of nitrogens with two attached hydrogens (primary N) is 1. The van der Waals surface area contributed by atoms with Crippen LogP contribution in [0.15, 0.2) is 40.4 Å². The zero-order valence-electron chi connectivity index (χ0n) is 9.45. The molecule has 0 fully saturated rings. The van der Waals surface area contributed by atoms with Crippen molar-refractivity contribution in [3.63, 3.8) is 0 Å². The molecule has 0 atom stereocenters. The molecule has 0 radical (unpaired) electrons. The Kier molecular flexibility index (Phi) is 4.23. The summed E-state index contributed by atoms with van der Waals surface area (Å²) in [7, 11) is -3.79. The maximum Gasteiger partial charge on any atom is 0.238 e. The van der Waals surface area contributed by atoms with Crippen molar-refractivity contribution in [2.45, 2.75) is 4.90 Å². The van der Waals surface area contributed by atoms with E-state index in [9.17, 15) is 8.42 Å². The third-order valence-electron chi connectivity index (χ3n) is 2.04. The average Bonchev–Trinajstić information content (AvgIpc) is 2.38. The Labute approximate surface area is 109 Å². The topological polar surface area (TPSA) is 144 Å². The second kappa shape index (κ2) is 5.65. The zero-order valence-corrected chi connectivity index (χ0v) is 10.3. The molecule has 0 saturated heterocycles. The van der Waals surface area contributed by atoms with Gasteiger partial charge in [-0.1, -0.05) is 0 Å². The first kappa shape index (κ1) is 14.2. The molecule has 0 unspecified atom stereocenters. The largest absolute Gasteiger partial charge is 0.345 e. The Morgan fingerprint density at radius 1 is 1.05 bits per heavy atom. The van der Waals surface area contributed by atoms with Gasteiger partial charge < -0.3 is 5.32 Å². The molecule has 19 heavy (non-hydrogen) atoms. The molecule has 0 amide bonds. The van der Waals surface area contributed by atoms with Crippen molar-refractivity contribution < 1.29 is 8.42 Å². The summed E-state index contributed by atoms with van der Waals surface area (Å²) in [6, 6.07) is 10.0. The maximum atomic E-state index is 11.0. The van der Waals surface area contributed by atoms with Gasteiger partial charge in [-0.15, -0.1) is 0 Å². The van der Waals surface area contributed by atoms with Crippen LogP contribution in [0.25, 0.3) is 0 Å². The van der Waals surface area contributed by atoms with Gasteiger partial charge in [0, 0.05) is 5.69 Å². The average molecular weight is 273 g/mol. The van der Waals surface area contributed by atoms with E-state index >= 15 is 0 Å². The monoisotopic (exact) mass is 273 g/mol. The lowest BCUT2D eigenvalue weighted by Crippen LogP contribution is -2.12. The number of sulfonamides is 1. The predicted molar refractivity (Wildman–Crippen MR) is 65.3 cm³/mol. The number of allylic oxidation sites excluding steroid dienone is 2. The van der Waals surface area contributed by atoms with Crippen molar-refractivity contribution in [2.75, 3.05) is 5.32 Å². The van der Waals surface area contributed by atoms with Gasteiger partial charge in [0.1, 0.15) is 23.9 Å². The Hall–Kier alpha value is -2.86. The number of nitriles is 3. The highest BCUT2D eigenvalue weighted by Gasteiger charge is 2.09. The van der Waals surface area contributed by atoms with E-state index in [0.29, 0.717) is 5.69 Å².